The van der Waals surface area contributed by atoms with E-state index in [9.17, 15) is 4.79 Å². The van der Waals surface area contributed by atoms with Crippen LogP contribution >= 0.6 is 23.2 Å². The maximum Gasteiger partial charge on any atom is 0.243 e. The van der Waals surface area contributed by atoms with Crippen LogP contribution in [0.25, 0.3) is 0 Å². The Hall–Kier alpha value is -2.69. The first-order valence-electron chi connectivity index (χ1n) is 8.86. The molecular weight excluding hydrogens is 395 g/mol. The van der Waals surface area contributed by atoms with Gasteiger partial charge in [-0.15, -0.1) is 0 Å². The molecule has 4 nitrogen and oxygen atoms in total. The molecular formula is C22H20Cl2N2O2. The number of hydrogen-bond donors (Lipinski definition) is 2. The molecule has 0 radical (unpaired) electrons. The highest BCUT2D eigenvalue weighted by Gasteiger charge is 2.06. The van der Waals surface area contributed by atoms with E-state index >= 15 is 0 Å². The van der Waals surface area contributed by atoms with E-state index in [2.05, 4.69) is 22.8 Å². The van der Waals surface area contributed by atoms with Crippen molar-refractivity contribution in [2.45, 2.75) is 6.42 Å². The standard InChI is InChI=1S/C22H20Cl2N2O2/c23-17-9-10-20(24)21(13-17)25-15-22(27)26-18-7-4-8-19(14-18)28-12-11-16-5-2-1-3-6-16/h1-10,13-14,25H,11-12,15H2,(H,26,27). The molecule has 3 aromatic carbocycles. The molecule has 0 spiro atoms. The van der Waals surface area contributed by atoms with Crippen LogP contribution in [0, 0.1) is 0 Å². The highest BCUT2D eigenvalue weighted by molar-refractivity contribution is 6.35. The average molecular weight is 415 g/mol. The second kappa shape index (κ2) is 10.0. The molecule has 28 heavy (non-hydrogen) atoms. The number of halogens is 2. The van der Waals surface area contributed by atoms with Crippen LogP contribution in [-0.4, -0.2) is 19.1 Å². The highest BCUT2D eigenvalue weighted by Crippen LogP contribution is 2.25. The van der Waals surface area contributed by atoms with Gasteiger partial charge >= 0.3 is 0 Å². The van der Waals surface area contributed by atoms with Gasteiger partial charge in [0.05, 0.1) is 23.9 Å². The Bertz CT molecular complexity index is 933. The fraction of sp³-hybridized carbons (Fsp3) is 0.136. The molecule has 6 heteroatoms. The zero-order chi connectivity index (χ0) is 19.8. The quantitative estimate of drug-likeness (QED) is 0.499. The Balaban J connectivity index is 1.49. The predicted octanol–water partition coefficient (Wildman–Crippen LogP) is 5.67. The van der Waals surface area contributed by atoms with E-state index < -0.39 is 0 Å². The number of carbonyl (C=O) groups is 1. The van der Waals surface area contributed by atoms with Gasteiger partial charge in [0.1, 0.15) is 5.75 Å². The van der Waals surface area contributed by atoms with Crippen molar-refractivity contribution in [3.63, 3.8) is 0 Å². The van der Waals surface area contributed by atoms with Gasteiger partial charge in [0.15, 0.2) is 0 Å². The summed E-state index contributed by atoms with van der Waals surface area (Å²) in [6, 6.07) is 22.5. The molecule has 3 aromatic rings. The van der Waals surface area contributed by atoms with Gasteiger partial charge in [0.2, 0.25) is 5.91 Å². The molecule has 0 aliphatic rings. The minimum Gasteiger partial charge on any atom is -0.493 e. The smallest absolute Gasteiger partial charge is 0.243 e. The molecule has 0 aliphatic heterocycles. The number of rotatable bonds is 8. The molecule has 144 valence electrons. The summed E-state index contributed by atoms with van der Waals surface area (Å²) in [6.07, 6.45) is 0.821. The molecule has 0 aliphatic carbocycles. The van der Waals surface area contributed by atoms with E-state index in [0.29, 0.717) is 33.8 Å². The van der Waals surface area contributed by atoms with Crippen molar-refractivity contribution in [2.75, 3.05) is 23.8 Å². The maximum absolute atomic E-state index is 12.2. The van der Waals surface area contributed by atoms with Gasteiger partial charge < -0.3 is 15.4 Å². The molecule has 0 saturated carbocycles. The molecule has 0 fully saturated rings. The monoisotopic (exact) mass is 414 g/mol. The SMILES string of the molecule is O=C(CNc1cc(Cl)ccc1Cl)Nc1cccc(OCCc2ccccc2)c1. The van der Waals surface area contributed by atoms with E-state index in [0.717, 1.165) is 6.42 Å². The summed E-state index contributed by atoms with van der Waals surface area (Å²) in [6.45, 7) is 0.634. The minimum atomic E-state index is -0.197. The lowest BCUT2D eigenvalue weighted by Gasteiger charge is -2.11. The van der Waals surface area contributed by atoms with Crippen LogP contribution in [0.1, 0.15) is 5.56 Å². The van der Waals surface area contributed by atoms with Crippen LogP contribution in [0.15, 0.2) is 72.8 Å². The molecule has 0 aromatic heterocycles. The fourth-order valence-corrected chi connectivity index (χ4v) is 2.97. The van der Waals surface area contributed by atoms with Crippen molar-refractivity contribution in [1.82, 2.24) is 0 Å². The first-order valence-corrected chi connectivity index (χ1v) is 9.61. The summed E-state index contributed by atoms with van der Waals surface area (Å²) in [4.78, 5) is 12.2. The second-order valence-corrected chi connectivity index (χ2v) is 6.98. The lowest BCUT2D eigenvalue weighted by molar-refractivity contribution is -0.114. The van der Waals surface area contributed by atoms with Crippen molar-refractivity contribution in [3.05, 3.63) is 88.4 Å². The number of anilines is 2. The number of amides is 1. The molecule has 3 rings (SSSR count). The third-order valence-electron chi connectivity index (χ3n) is 3.99. The summed E-state index contributed by atoms with van der Waals surface area (Å²) >= 11 is 12.0. The Labute approximate surface area is 174 Å². The average Bonchev–Trinajstić information content (AvgIpc) is 2.70. The lowest BCUT2D eigenvalue weighted by Crippen LogP contribution is -2.21. The van der Waals surface area contributed by atoms with E-state index in [4.69, 9.17) is 27.9 Å². The van der Waals surface area contributed by atoms with E-state index in [1.165, 1.54) is 5.56 Å². The molecule has 2 N–H and O–H groups in total. The van der Waals surface area contributed by atoms with E-state index in [1.54, 1.807) is 24.3 Å². The van der Waals surface area contributed by atoms with Crippen LogP contribution in [-0.2, 0) is 11.2 Å². The molecule has 0 unspecified atom stereocenters. The van der Waals surface area contributed by atoms with Crippen molar-refractivity contribution in [3.8, 4) is 5.75 Å². The molecule has 0 atom stereocenters. The first-order chi connectivity index (χ1) is 13.6. The van der Waals surface area contributed by atoms with Crippen LogP contribution in [0.4, 0.5) is 11.4 Å². The van der Waals surface area contributed by atoms with Gasteiger partial charge in [-0.25, -0.2) is 0 Å². The summed E-state index contributed by atoms with van der Waals surface area (Å²) in [5.74, 6) is 0.511. The number of carbonyl (C=O) groups excluding carboxylic acids is 1. The Morgan fingerprint density at radius 1 is 0.929 bits per heavy atom. The number of benzene rings is 3. The van der Waals surface area contributed by atoms with Crippen LogP contribution < -0.4 is 15.4 Å². The van der Waals surface area contributed by atoms with Crippen LogP contribution in [0.3, 0.4) is 0 Å². The topological polar surface area (TPSA) is 50.4 Å². The van der Waals surface area contributed by atoms with Gasteiger partial charge in [-0.1, -0.05) is 59.6 Å². The Kier molecular flexibility index (Phi) is 7.18. The van der Waals surface area contributed by atoms with Crippen molar-refractivity contribution in [2.24, 2.45) is 0 Å². The van der Waals surface area contributed by atoms with Crippen LogP contribution in [0.2, 0.25) is 10.0 Å². The Morgan fingerprint density at radius 3 is 2.57 bits per heavy atom. The van der Waals surface area contributed by atoms with Crippen molar-refractivity contribution in [1.29, 1.82) is 0 Å². The van der Waals surface area contributed by atoms with E-state index in [-0.39, 0.29) is 12.5 Å². The summed E-state index contributed by atoms with van der Waals surface area (Å²) < 4.78 is 5.79. The summed E-state index contributed by atoms with van der Waals surface area (Å²) in [5, 5.41) is 6.87. The molecule has 0 heterocycles. The Morgan fingerprint density at radius 2 is 1.75 bits per heavy atom. The fourth-order valence-electron chi connectivity index (χ4n) is 2.61. The number of nitrogens with one attached hydrogen (secondary N) is 2. The predicted molar refractivity (Wildman–Crippen MR) is 116 cm³/mol. The van der Waals surface area contributed by atoms with Gasteiger partial charge in [0, 0.05) is 23.2 Å². The maximum atomic E-state index is 12.2. The lowest BCUT2D eigenvalue weighted by atomic mass is 10.2. The van der Waals surface area contributed by atoms with Crippen molar-refractivity contribution >= 4 is 40.5 Å². The van der Waals surface area contributed by atoms with Gasteiger partial charge in [-0.05, 0) is 35.9 Å². The molecule has 1 amide bonds. The van der Waals surface area contributed by atoms with Crippen molar-refractivity contribution < 1.29 is 9.53 Å². The number of ether oxygens (including phenoxy) is 1. The largest absolute Gasteiger partial charge is 0.493 e. The highest BCUT2D eigenvalue weighted by atomic mass is 35.5. The normalized spacial score (nSPS) is 10.4. The number of hydrogen-bond acceptors (Lipinski definition) is 3. The zero-order valence-corrected chi connectivity index (χ0v) is 16.6. The zero-order valence-electron chi connectivity index (χ0n) is 15.1. The van der Waals surface area contributed by atoms with Crippen LogP contribution in [0.5, 0.6) is 5.75 Å². The second-order valence-electron chi connectivity index (χ2n) is 6.14. The third-order valence-corrected chi connectivity index (χ3v) is 4.55. The summed E-state index contributed by atoms with van der Waals surface area (Å²) in [5.41, 5.74) is 2.50. The molecule has 0 bridgehead atoms. The van der Waals surface area contributed by atoms with Gasteiger partial charge in [-0.2, -0.15) is 0 Å². The molecule has 0 saturated heterocycles. The first kappa shape index (κ1) is 20.1. The summed E-state index contributed by atoms with van der Waals surface area (Å²) in [7, 11) is 0. The minimum absolute atomic E-state index is 0.0686. The van der Waals surface area contributed by atoms with Gasteiger partial charge in [-0.3, -0.25) is 4.79 Å². The third kappa shape index (κ3) is 6.19. The van der Waals surface area contributed by atoms with Gasteiger partial charge in [0.25, 0.3) is 0 Å². The van der Waals surface area contributed by atoms with E-state index in [1.807, 2.05) is 36.4 Å².